The van der Waals surface area contributed by atoms with Gasteiger partial charge in [0.15, 0.2) is 0 Å². The van der Waals surface area contributed by atoms with Gasteiger partial charge >= 0.3 is 6.09 Å². The lowest BCUT2D eigenvalue weighted by molar-refractivity contribution is 0.0497. The van der Waals surface area contributed by atoms with Crippen molar-refractivity contribution >= 4 is 11.9 Å². The summed E-state index contributed by atoms with van der Waals surface area (Å²) in [6, 6.07) is 2.33. The standard InChI is InChI=1S/C19H30N4O2/c1-19(2,3)25-18(24)22-15-8-10-23(11-9-15)17-12-16(20-13-21-17)14-6-4-5-7-14/h12-15H,4-11H2,1-3H3,(H,22,24). The Morgan fingerprint density at radius 3 is 2.48 bits per heavy atom. The van der Waals surface area contributed by atoms with Gasteiger partial charge in [0.2, 0.25) is 0 Å². The van der Waals surface area contributed by atoms with Crippen LogP contribution in [0, 0.1) is 0 Å². The highest BCUT2D eigenvalue weighted by Gasteiger charge is 2.25. The van der Waals surface area contributed by atoms with Crippen LogP contribution in [0.2, 0.25) is 0 Å². The number of rotatable bonds is 3. The lowest BCUT2D eigenvalue weighted by atomic mass is 10.0. The summed E-state index contributed by atoms with van der Waals surface area (Å²) in [6.07, 6.45) is 8.31. The summed E-state index contributed by atoms with van der Waals surface area (Å²) in [6.45, 7) is 7.42. The Hall–Kier alpha value is -1.85. The van der Waals surface area contributed by atoms with Crippen molar-refractivity contribution in [1.82, 2.24) is 15.3 Å². The molecule has 6 heteroatoms. The first-order chi connectivity index (χ1) is 11.9. The summed E-state index contributed by atoms with van der Waals surface area (Å²) in [5.74, 6) is 1.63. The number of piperidine rings is 1. The van der Waals surface area contributed by atoms with Crippen molar-refractivity contribution in [3.8, 4) is 0 Å². The van der Waals surface area contributed by atoms with Gasteiger partial charge in [-0.2, -0.15) is 0 Å². The van der Waals surface area contributed by atoms with E-state index in [1.54, 1.807) is 6.33 Å². The van der Waals surface area contributed by atoms with E-state index in [0.29, 0.717) is 5.92 Å². The Balaban J connectivity index is 1.52. The predicted octanol–water partition coefficient (Wildman–Crippen LogP) is 3.63. The SMILES string of the molecule is CC(C)(C)OC(=O)NC1CCN(c2cc(C3CCCC3)ncn2)CC1. The van der Waals surface area contributed by atoms with E-state index in [1.807, 2.05) is 20.8 Å². The van der Waals surface area contributed by atoms with Crippen molar-refractivity contribution in [2.75, 3.05) is 18.0 Å². The van der Waals surface area contributed by atoms with E-state index in [-0.39, 0.29) is 12.1 Å². The van der Waals surface area contributed by atoms with Gasteiger partial charge < -0.3 is 15.0 Å². The van der Waals surface area contributed by atoms with Crippen LogP contribution in [-0.2, 0) is 4.74 Å². The highest BCUT2D eigenvalue weighted by Crippen LogP contribution is 2.34. The van der Waals surface area contributed by atoms with Gasteiger partial charge in [-0.05, 0) is 46.5 Å². The third kappa shape index (κ3) is 5.06. The molecule has 0 unspecified atom stereocenters. The van der Waals surface area contributed by atoms with Crippen LogP contribution in [-0.4, -0.2) is 40.8 Å². The molecule has 2 heterocycles. The molecule has 138 valence electrons. The van der Waals surface area contributed by atoms with Crippen molar-refractivity contribution < 1.29 is 9.53 Å². The molecule has 0 atom stereocenters. The quantitative estimate of drug-likeness (QED) is 0.905. The van der Waals surface area contributed by atoms with E-state index < -0.39 is 5.60 Å². The fourth-order valence-electron chi connectivity index (χ4n) is 3.71. The van der Waals surface area contributed by atoms with Gasteiger partial charge in [-0.3, -0.25) is 0 Å². The minimum absolute atomic E-state index is 0.169. The zero-order valence-electron chi connectivity index (χ0n) is 15.6. The van der Waals surface area contributed by atoms with Gasteiger partial charge in [0.05, 0.1) is 0 Å². The average Bonchev–Trinajstić information content (AvgIpc) is 3.08. The summed E-state index contributed by atoms with van der Waals surface area (Å²) in [5.41, 5.74) is 0.735. The number of nitrogens with one attached hydrogen (secondary N) is 1. The van der Waals surface area contributed by atoms with Crippen LogP contribution >= 0.6 is 0 Å². The second kappa shape index (κ2) is 7.58. The van der Waals surface area contributed by atoms with Crippen molar-refractivity contribution in [3.63, 3.8) is 0 Å². The maximum absolute atomic E-state index is 11.9. The largest absolute Gasteiger partial charge is 0.444 e. The summed E-state index contributed by atoms with van der Waals surface area (Å²) < 4.78 is 5.34. The van der Waals surface area contributed by atoms with Gasteiger partial charge in [0, 0.05) is 36.8 Å². The Bertz CT molecular complexity index is 585. The lowest BCUT2D eigenvalue weighted by Crippen LogP contribution is -2.46. The molecule has 1 N–H and O–H groups in total. The van der Waals surface area contributed by atoms with E-state index in [4.69, 9.17) is 4.74 Å². The molecule has 0 aromatic carbocycles. The average molecular weight is 346 g/mol. The van der Waals surface area contributed by atoms with Gasteiger partial charge in [-0.25, -0.2) is 14.8 Å². The van der Waals surface area contributed by atoms with Gasteiger partial charge in [-0.1, -0.05) is 12.8 Å². The fraction of sp³-hybridized carbons (Fsp3) is 0.737. The first kappa shape index (κ1) is 18.0. The van der Waals surface area contributed by atoms with Crippen LogP contribution in [0.5, 0.6) is 0 Å². The molecule has 2 aliphatic rings. The molecular formula is C19H30N4O2. The third-order valence-corrected chi connectivity index (χ3v) is 4.99. The van der Waals surface area contributed by atoms with Crippen LogP contribution in [0.1, 0.15) is 70.9 Å². The minimum Gasteiger partial charge on any atom is -0.444 e. The number of amides is 1. The second-order valence-corrected chi connectivity index (χ2v) is 8.19. The topological polar surface area (TPSA) is 67.3 Å². The zero-order chi connectivity index (χ0) is 17.9. The number of ether oxygens (including phenoxy) is 1. The van der Waals surface area contributed by atoms with Gasteiger partial charge in [-0.15, -0.1) is 0 Å². The summed E-state index contributed by atoms with van der Waals surface area (Å²) in [4.78, 5) is 23.2. The van der Waals surface area contributed by atoms with Crippen molar-refractivity contribution in [2.45, 2.75) is 76.9 Å². The monoisotopic (exact) mass is 346 g/mol. The Kier molecular flexibility index (Phi) is 5.45. The van der Waals surface area contributed by atoms with E-state index in [1.165, 1.54) is 31.4 Å². The molecule has 6 nitrogen and oxygen atoms in total. The Labute approximate surface area is 150 Å². The first-order valence-corrected chi connectivity index (χ1v) is 9.47. The molecule has 0 radical (unpaired) electrons. The second-order valence-electron chi connectivity index (χ2n) is 8.19. The maximum Gasteiger partial charge on any atom is 0.407 e. The number of nitrogens with zero attached hydrogens (tertiary/aromatic N) is 3. The van der Waals surface area contributed by atoms with E-state index in [9.17, 15) is 4.79 Å². The van der Waals surface area contributed by atoms with Crippen molar-refractivity contribution in [3.05, 3.63) is 18.1 Å². The molecule has 1 saturated heterocycles. The van der Waals surface area contributed by atoms with Crippen LogP contribution in [0.25, 0.3) is 0 Å². The number of carbonyl (C=O) groups is 1. The lowest BCUT2D eigenvalue weighted by Gasteiger charge is -2.33. The summed E-state index contributed by atoms with van der Waals surface area (Å²) in [7, 11) is 0. The number of alkyl carbamates (subject to hydrolysis) is 1. The molecule has 1 aromatic rings. The minimum atomic E-state index is -0.456. The fourth-order valence-corrected chi connectivity index (χ4v) is 3.71. The van der Waals surface area contributed by atoms with Crippen molar-refractivity contribution in [2.24, 2.45) is 0 Å². The Morgan fingerprint density at radius 2 is 1.84 bits per heavy atom. The van der Waals surface area contributed by atoms with E-state index >= 15 is 0 Å². The van der Waals surface area contributed by atoms with Crippen LogP contribution in [0.3, 0.4) is 0 Å². The van der Waals surface area contributed by atoms with Gasteiger partial charge in [0.1, 0.15) is 17.7 Å². The smallest absolute Gasteiger partial charge is 0.407 e. The van der Waals surface area contributed by atoms with Crippen molar-refractivity contribution in [1.29, 1.82) is 0 Å². The number of aromatic nitrogens is 2. The number of hydrogen-bond acceptors (Lipinski definition) is 5. The normalized spacial score (nSPS) is 19.9. The van der Waals surface area contributed by atoms with Crippen LogP contribution in [0.4, 0.5) is 10.6 Å². The molecule has 2 fully saturated rings. The van der Waals surface area contributed by atoms with E-state index in [2.05, 4.69) is 26.3 Å². The molecule has 1 aromatic heterocycles. The molecule has 25 heavy (non-hydrogen) atoms. The predicted molar refractivity (Wildman–Crippen MR) is 97.8 cm³/mol. The summed E-state index contributed by atoms with van der Waals surface area (Å²) in [5, 5.41) is 2.98. The molecule has 1 aliphatic carbocycles. The maximum atomic E-state index is 11.9. The highest BCUT2D eigenvalue weighted by molar-refractivity contribution is 5.68. The molecule has 1 saturated carbocycles. The number of carbonyl (C=O) groups excluding carboxylic acids is 1. The molecule has 1 aliphatic heterocycles. The number of hydrogen-bond donors (Lipinski definition) is 1. The van der Waals surface area contributed by atoms with Crippen LogP contribution in [0.15, 0.2) is 12.4 Å². The molecule has 0 spiro atoms. The van der Waals surface area contributed by atoms with E-state index in [0.717, 1.165) is 31.7 Å². The molecule has 1 amide bonds. The molecule has 0 bridgehead atoms. The number of anilines is 1. The molecule has 3 rings (SSSR count). The summed E-state index contributed by atoms with van der Waals surface area (Å²) >= 11 is 0. The molecular weight excluding hydrogens is 316 g/mol. The third-order valence-electron chi connectivity index (χ3n) is 4.99. The zero-order valence-corrected chi connectivity index (χ0v) is 15.6. The highest BCUT2D eigenvalue weighted by atomic mass is 16.6. The first-order valence-electron chi connectivity index (χ1n) is 9.47. The Morgan fingerprint density at radius 1 is 1.16 bits per heavy atom. The van der Waals surface area contributed by atoms with Crippen LogP contribution < -0.4 is 10.2 Å². The van der Waals surface area contributed by atoms with Gasteiger partial charge in [0.25, 0.3) is 0 Å².